The smallest absolute Gasteiger partial charge is 0.331 e. The number of hydrogen-bond donors (Lipinski definition) is 1. The van der Waals surface area contributed by atoms with Crippen LogP contribution < -0.4 is 14.8 Å². The lowest BCUT2D eigenvalue weighted by molar-refractivity contribution is -0.161. The van der Waals surface area contributed by atoms with Crippen LogP contribution in [0.25, 0.3) is 10.8 Å². The highest BCUT2D eigenvalue weighted by atomic mass is 16.7. The second-order valence-corrected chi connectivity index (χ2v) is 11.1. The van der Waals surface area contributed by atoms with Gasteiger partial charge in [-0.15, -0.1) is 0 Å². The number of nitrogens with zero attached hydrogens (tertiary/aromatic N) is 1. The Kier molecular flexibility index (Phi) is 11.5. The molecule has 2 aromatic carbocycles. The number of nitrogens with one attached hydrogen (secondary N) is 1. The monoisotopic (exact) mass is 608 g/mol. The summed E-state index contributed by atoms with van der Waals surface area (Å²) in [5.41, 5.74) is 0.979. The molecule has 0 radical (unpaired) electrons. The third-order valence-electron chi connectivity index (χ3n) is 7.19. The summed E-state index contributed by atoms with van der Waals surface area (Å²) in [4.78, 5) is 42.1. The summed E-state index contributed by atoms with van der Waals surface area (Å²) in [6.07, 6.45) is 0.928. The molecule has 4 atom stereocenters. The molecule has 0 bridgehead atoms. The van der Waals surface area contributed by atoms with Gasteiger partial charge in [-0.05, 0) is 35.6 Å². The van der Waals surface area contributed by atoms with Gasteiger partial charge < -0.3 is 33.7 Å². The molecule has 1 amide bonds. The van der Waals surface area contributed by atoms with Gasteiger partial charge in [-0.1, -0.05) is 56.3 Å². The lowest BCUT2D eigenvalue weighted by Gasteiger charge is -2.31. The van der Waals surface area contributed by atoms with Crippen LogP contribution in [0.2, 0.25) is 0 Å². The predicted octanol–water partition coefficient (Wildman–Crippen LogP) is 4.10. The standard InChI is InChI=1S/C33H40N2O9/c1-20(2)16-41-30-21(3)44-33(38)27(18-40-17-25(30)15-24-11-8-10-23-9-6-7-12-26(23)24)35-32(37)29-31(43-19-42-22(4)36)28(39-5)13-14-34-29/h6-14,20-21,25,27,30H,15-19H2,1-5H3,(H,35,37). The van der Waals surface area contributed by atoms with Crippen molar-refractivity contribution in [3.8, 4) is 11.5 Å². The highest BCUT2D eigenvalue weighted by molar-refractivity contribution is 5.98. The average molecular weight is 609 g/mol. The first-order valence-electron chi connectivity index (χ1n) is 14.6. The van der Waals surface area contributed by atoms with Crippen molar-refractivity contribution in [1.82, 2.24) is 10.3 Å². The normalized spacial score (nSPS) is 20.6. The van der Waals surface area contributed by atoms with E-state index in [1.165, 1.54) is 26.3 Å². The van der Waals surface area contributed by atoms with Gasteiger partial charge in [-0.3, -0.25) is 9.59 Å². The lowest BCUT2D eigenvalue weighted by atomic mass is 9.89. The van der Waals surface area contributed by atoms with Gasteiger partial charge in [-0.2, -0.15) is 0 Å². The molecule has 0 aliphatic carbocycles. The molecule has 0 spiro atoms. The van der Waals surface area contributed by atoms with E-state index in [1.807, 2.05) is 18.2 Å². The fourth-order valence-electron chi connectivity index (χ4n) is 5.11. The van der Waals surface area contributed by atoms with E-state index < -0.39 is 42.9 Å². The van der Waals surface area contributed by atoms with Crippen LogP contribution in [0.3, 0.4) is 0 Å². The first-order chi connectivity index (χ1) is 21.2. The van der Waals surface area contributed by atoms with Gasteiger partial charge in [-0.25, -0.2) is 9.78 Å². The Bertz CT molecular complexity index is 1440. The number of pyridine rings is 1. The maximum absolute atomic E-state index is 13.4. The zero-order chi connectivity index (χ0) is 31.6. The van der Waals surface area contributed by atoms with Crippen molar-refractivity contribution in [1.29, 1.82) is 0 Å². The lowest BCUT2D eigenvalue weighted by Crippen LogP contribution is -2.46. The number of rotatable bonds is 11. The zero-order valence-corrected chi connectivity index (χ0v) is 25.7. The minimum absolute atomic E-state index is 0.0447. The number of carbonyl (C=O) groups is 3. The molecule has 11 nitrogen and oxygen atoms in total. The Morgan fingerprint density at radius 3 is 2.61 bits per heavy atom. The zero-order valence-electron chi connectivity index (χ0n) is 25.7. The molecule has 1 fully saturated rings. The number of benzene rings is 2. The summed E-state index contributed by atoms with van der Waals surface area (Å²) in [5, 5.41) is 4.94. The summed E-state index contributed by atoms with van der Waals surface area (Å²) in [6.45, 7) is 7.31. The van der Waals surface area contributed by atoms with Crippen LogP contribution in [0.4, 0.5) is 0 Å². The molecule has 4 unspecified atom stereocenters. The molecule has 11 heteroatoms. The van der Waals surface area contributed by atoms with Crippen LogP contribution in [0.15, 0.2) is 54.7 Å². The molecule has 4 rings (SSSR count). The number of methoxy groups -OCH3 is 1. The van der Waals surface area contributed by atoms with Gasteiger partial charge in [0.15, 0.2) is 23.2 Å². The number of esters is 2. The Morgan fingerprint density at radius 2 is 1.86 bits per heavy atom. The van der Waals surface area contributed by atoms with Crippen LogP contribution in [-0.4, -0.2) is 74.8 Å². The second kappa shape index (κ2) is 15.5. The maximum Gasteiger partial charge on any atom is 0.331 e. The molecule has 1 N–H and O–H groups in total. The fraction of sp³-hybridized carbons (Fsp3) is 0.455. The molecule has 0 saturated carbocycles. The summed E-state index contributed by atoms with van der Waals surface area (Å²) < 4.78 is 34.0. The van der Waals surface area contributed by atoms with Crippen LogP contribution in [0, 0.1) is 11.8 Å². The first kappa shape index (κ1) is 32.7. The number of aromatic nitrogens is 1. The van der Waals surface area contributed by atoms with Gasteiger partial charge in [0.05, 0.1) is 26.4 Å². The van der Waals surface area contributed by atoms with Crippen LogP contribution in [-0.2, 0) is 35.0 Å². The third-order valence-corrected chi connectivity index (χ3v) is 7.19. The molecule has 1 saturated heterocycles. The molecule has 236 valence electrons. The molecule has 1 aliphatic rings. The van der Waals surface area contributed by atoms with E-state index in [0.717, 1.165) is 16.3 Å². The van der Waals surface area contributed by atoms with Gasteiger partial charge in [0.1, 0.15) is 6.10 Å². The van der Waals surface area contributed by atoms with Gasteiger partial charge in [0.2, 0.25) is 6.79 Å². The Balaban J connectivity index is 1.55. The largest absolute Gasteiger partial charge is 0.493 e. The Morgan fingerprint density at radius 1 is 1.09 bits per heavy atom. The quantitative estimate of drug-likeness (QED) is 0.251. The fourth-order valence-corrected chi connectivity index (χ4v) is 5.11. The Labute approximate surface area is 257 Å². The summed E-state index contributed by atoms with van der Waals surface area (Å²) in [6, 6.07) is 14.7. The predicted molar refractivity (Wildman–Crippen MR) is 161 cm³/mol. The molecular weight excluding hydrogens is 568 g/mol. The minimum atomic E-state index is -1.14. The van der Waals surface area contributed by atoms with Gasteiger partial charge >= 0.3 is 11.9 Å². The second-order valence-electron chi connectivity index (χ2n) is 11.1. The number of carbonyl (C=O) groups excluding carboxylic acids is 3. The molecular formula is C33H40N2O9. The number of hydrogen-bond acceptors (Lipinski definition) is 10. The first-order valence-corrected chi connectivity index (χ1v) is 14.6. The Hall–Kier alpha value is -4.22. The molecule has 1 aliphatic heterocycles. The van der Waals surface area contributed by atoms with Crippen molar-refractivity contribution in [2.45, 2.75) is 52.4 Å². The van der Waals surface area contributed by atoms with Crippen molar-refractivity contribution >= 4 is 28.6 Å². The van der Waals surface area contributed by atoms with Crippen LogP contribution in [0.5, 0.6) is 11.5 Å². The van der Waals surface area contributed by atoms with E-state index in [0.29, 0.717) is 13.0 Å². The molecule has 44 heavy (non-hydrogen) atoms. The average Bonchev–Trinajstić information content (AvgIpc) is 3.04. The van der Waals surface area contributed by atoms with E-state index in [2.05, 4.69) is 48.4 Å². The summed E-state index contributed by atoms with van der Waals surface area (Å²) >= 11 is 0. The number of fused-ring (bicyclic) bond motifs is 1. The van der Waals surface area contributed by atoms with E-state index in [9.17, 15) is 14.4 Å². The maximum atomic E-state index is 13.4. The number of cyclic esters (lactones) is 1. The van der Waals surface area contributed by atoms with Crippen molar-refractivity contribution in [2.75, 3.05) is 33.7 Å². The van der Waals surface area contributed by atoms with Gasteiger partial charge in [0, 0.05) is 31.7 Å². The molecule has 3 aromatic rings. The molecule has 2 heterocycles. The van der Waals surface area contributed by atoms with Crippen molar-refractivity contribution in [2.24, 2.45) is 11.8 Å². The van der Waals surface area contributed by atoms with Crippen molar-refractivity contribution in [3.05, 3.63) is 66.0 Å². The summed E-state index contributed by atoms with van der Waals surface area (Å²) in [7, 11) is 1.40. The van der Waals surface area contributed by atoms with Crippen LogP contribution >= 0.6 is 0 Å². The van der Waals surface area contributed by atoms with Gasteiger partial charge in [0.25, 0.3) is 5.91 Å². The minimum Gasteiger partial charge on any atom is -0.493 e. The SMILES string of the molecule is COc1ccnc(C(=O)NC2COCC(Cc3cccc4ccccc34)C(OCC(C)C)C(C)OC2=O)c1OCOC(C)=O. The highest BCUT2D eigenvalue weighted by Gasteiger charge is 2.36. The number of ether oxygens (including phenoxy) is 6. The van der Waals surface area contributed by atoms with Crippen molar-refractivity contribution in [3.63, 3.8) is 0 Å². The summed E-state index contributed by atoms with van der Waals surface area (Å²) in [5.74, 6) is -1.67. The third kappa shape index (κ3) is 8.45. The number of amides is 1. The van der Waals surface area contributed by atoms with Crippen LogP contribution in [0.1, 0.15) is 43.7 Å². The van der Waals surface area contributed by atoms with E-state index in [4.69, 9.17) is 28.4 Å². The topological polar surface area (TPSA) is 132 Å². The van der Waals surface area contributed by atoms with E-state index >= 15 is 0 Å². The van der Waals surface area contributed by atoms with E-state index in [1.54, 1.807) is 6.92 Å². The highest BCUT2D eigenvalue weighted by Crippen LogP contribution is 2.30. The van der Waals surface area contributed by atoms with E-state index in [-0.39, 0.29) is 42.2 Å². The van der Waals surface area contributed by atoms with Crippen molar-refractivity contribution < 1.29 is 42.8 Å². The molecule has 1 aromatic heterocycles.